The van der Waals surface area contributed by atoms with E-state index in [9.17, 15) is 13.2 Å². The van der Waals surface area contributed by atoms with Gasteiger partial charge in [0.2, 0.25) is 10.0 Å². The van der Waals surface area contributed by atoms with Crippen molar-refractivity contribution in [2.45, 2.75) is 31.1 Å². The van der Waals surface area contributed by atoms with Gasteiger partial charge in [-0.15, -0.1) is 12.4 Å². The molecule has 2 aliphatic heterocycles. The van der Waals surface area contributed by atoms with Crippen LogP contribution in [0.2, 0.25) is 5.02 Å². The largest absolute Gasteiger partial charge is 0.379 e. The van der Waals surface area contributed by atoms with E-state index in [1.165, 1.54) is 15.6 Å². The van der Waals surface area contributed by atoms with Crippen LogP contribution in [0.4, 0.5) is 5.13 Å². The summed E-state index contributed by atoms with van der Waals surface area (Å²) in [5.41, 5.74) is 2.21. The number of piperidine rings is 1. The first kappa shape index (κ1) is 29.2. The SMILES string of the molecule is Cc1cc(Cl)cc2sc(N(CCN3CCOCC3)C(=O)c3ccc(S(=O)(=O)N4CCCCC4)cc3)nc12.Cl. The summed E-state index contributed by atoms with van der Waals surface area (Å²) in [4.78, 5) is 22.8. The van der Waals surface area contributed by atoms with Crippen molar-refractivity contribution < 1.29 is 17.9 Å². The second-order valence-corrected chi connectivity index (χ2v) is 12.8. The minimum absolute atomic E-state index is 0. The standard InChI is InChI=1S/C26H31ClN4O4S2.ClH/c1-19-17-21(27)18-23-24(19)28-26(36-23)31(12-11-29-13-15-35-16-14-29)25(32)20-5-7-22(8-6-20)37(33,34)30-9-3-2-4-10-30;/h5-8,17-18H,2-4,9-16H2,1H3;1H. The number of halogens is 2. The average Bonchev–Trinajstić information content (AvgIpc) is 3.34. The maximum atomic E-state index is 13.8. The number of anilines is 1. The molecule has 2 aliphatic rings. The van der Waals surface area contributed by atoms with Crippen LogP contribution in [0.25, 0.3) is 10.2 Å². The zero-order valence-corrected chi connectivity index (χ0v) is 24.5. The van der Waals surface area contributed by atoms with Gasteiger partial charge in [0.05, 0.1) is 28.3 Å². The highest BCUT2D eigenvalue weighted by molar-refractivity contribution is 7.89. The molecule has 0 bridgehead atoms. The lowest BCUT2D eigenvalue weighted by atomic mass is 10.2. The first-order valence-electron chi connectivity index (χ1n) is 12.6. The smallest absolute Gasteiger partial charge is 0.260 e. The first-order chi connectivity index (χ1) is 17.8. The molecule has 1 amide bonds. The molecule has 0 N–H and O–H groups in total. The number of carbonyl (C=O) groups excluding carboxylic acids is 1. The van der Waals surface area contributed by atoms with E-state index < -0.39 is 10.0 Å². The molecule has 1 aromatic heterocycles. The van der Waals surface area contributed by atoms with Crippen molar-refractivity contribution >= 4 is 66.6 Å². The molecular formula is C26H32Cl2N4O4S2. The Morgan fingerprint density at radius 3 is 2.45 bits per heavy atom. The second kappa shape index (κ2) is 12.6. The van der Waals surface area contributed by atoms with E-state index in [-0.39, 0.29) is 23.2 Å². The van der Waals surface area contributed by atoms with Crippen LogP contribution in [0.3, 0.4) is 0 Å². The summed E-state index contributed by atoms with van der Waals surface area (Å²) < 4.78 is 34.0. The third kappa shape index (κ3) is 6.33. The van der Waals surface area contributed by atoms with Gasteiger partial charge < -0.3 is 4.74 Å². The van der Waals surface area contributed by atoms with Gasteiger partial charge in [0.25, 0.3) is 5.91 Å². The Bertz CT molecular complexity index is 1370. The maximum absolute atomic E-state index is 13.8. The number of aryl methyl sites for hydroxylation is 1. The molecule has 2 saturated heterocycles. The second-order valence-electron chi connectivity index (χ2n) is 9.47. The molecule has 3 aromatic rings. The number of carbonyl (C=O) groups is 1. The molecular weight excluding hydrogens is 567 g/mol. The molecule has 2 fully saturated rings. The van der Waals surface area contributed by atoms with E-state index in [2.05, 4.69) is 4.90 Å². The zero-order valence-electron chi connectivity index (χ0n) is 21.3. The van der Waals surface area contributed by atoms with Gasteiger partial charge in [0.1, 0.15) is 0 Å². The van der Waals surface area contributed by atoms with E-state index >= 15 is 0 Å². The highest BCUT2D eigenvalue weighted by atomic mass is 35.5. The molecule has 3 heterocycles. The number of amides is 1. The molecule has 0 radical (unpaired) electrons. The minimum atomic E-state index is -3.56. The number of rotatable bonds is 7. The van der Waals surface area contributed by atoms with Crippen molar-refractivity contribution in [1.82, 2.24) is 14.2 Å². The lowest BCUT2D eigenvalue weighted by molar-refractivity contribution is 0.0391. The van der Waals surface area contributed by atoms with Crippen molar-refractivity contribution in [1.29, 1.82) is 0 Å². The fraction of sp³-hybridized carbons (Fsp3) is 0.462. The van der Waals surface area contributed by atoms with Crippen LogP contribution in [-0.2, 0) is 14.8 Å². The summed E-state index contributed by atoms with van der Waals surface area (Å²) in [7, 11) is -3.56. The maximum Gasteiger partial charge on any atom is 0.260 e. The normalized spacial score (nSPS) is 17.3. The molecule has 206 valence electrons. The zero-order chi connectivity index (χ0) is 26.0. The van der Waals surface area contributed by atoms with Gasteiger partial charge >= 0.3 is 0 Å². The number of fused-ring (bicyclic) bond motifs is 1. The Morgan fingerprint density at radius 1 is 1.08 bits per heavy atom. The van der Waals surface area contributed by atoms with Crippen molar-refractivity contribution in [2.24, 2.45) is 0 Å². The van der Waals surface area contributed by atoms with Crippen LogP contribution in [0.15, 0.2) is 41.3 Å². The minimum Gasteiger partial charge on any atom is -0.379 e. The fourth-order valence-electron chi connectivity index (χ4n) is 4.79. The van der Waals surface area contributed by atoms with Crippen LogP contribution >= 0.6 is 35.3 Å². The first-order valence-corrected chi connectivity index (χ1v) is 15.3. The molecule has 5 rings (SSSR count). The van der Waals surface area contributed by atoms with Crippen LogP contribution in [0.1, 0.15) is 35.2 Å². The van der Waals surface area contributed by atoms with Gasteiger partial charge in [0.15, 0.2) is 5.13 Å². The summed E-state index contributed by atoms with van der Waals surface area (Å²) in [6.45, 7) is 7.18. The highest BCUT2D eigenvalue weighted by Crippen LogP contribution is 2.34. The van der Waals surface area contributed by atoms with Crippen molar-refractivity contribution in [3.63, 3.8) is 0 Å². The Labute approximate surface area is 239 Å². The molecule has 0 spiro atoms. The van der Waals surface area contributed by atoms with E-state index in [0.717, 1.165) is 48.1 Å². The Balaban J connectivity index is 0.00000336. The molecule has 0 aliphatic carbocycles. The lowest BCUT2D eigenvalue weighted by Gasteiger charge is -2.29. The molecule has 8 nitrogen and oxygen atoms in total. The molecule has 12 heteroatoms. The van der Waals surface area contributed by atoms with Crippen LogP contribution < -0.4 is 4.90 Å². The summed E-state index contributed by atoms with van der Waals surface area (Å²) in [6, 6.07) is 10.0. The van der Waals surface area contributed by atoms with Crippen molar-refractivity contribution in [3.8, 4) is 0 Å². The fourth-order valence-corrected chi connectivity index (χ4v) is 7.75. The average molecular weight is 600 g/mol. The number of sulfonamides is 1. The van der Waals surface area contributed by atoms with Gasteiger partial charge in [-0.25, -0.2) is 13.4 Å². The third-order valence-electron chi connectivity index (χ3n) is 6.91. The van der Waals surface area contributed by atoms with Gasteiger partial charge in [0, 0.05) is 49.9 Å². The van der Waals surface area contributed by atoms with Gasteiger partial charge in [-0.1, -0.05) is 29.4 Å². The van der Waals surface area contributed by atoms with Crippen molar-refractivity contribution in [3.05, 3.63) is 52.5 Å². The molecule has 2 aromatic carbocycles. The quantitative estimate of drug-likeness (QED) is 0.387. The Kier molecular flexibility index (Phi) is 9.67. The predicted molar refractivity (Wildman–Crippen MR) is 155 cm³/mol. The number of hydrogen-bond donors (Lipinski definition) is 0. The Hall–Kier alpha value is -1.79. The predicted octanol–water partition coefficient (Wildman–Crippen LogP) is 4.83. The number of ether oxygens (including phenoxy) is 1. The summed E-state index contributed by atoms with van der Waals surface area (Å²) in [5, 5.41) is 1.24. The monoisotopic (exact) mass is 598 g/mol. The van der Waals surface area contributed by atoms with E-state index in [4.69, 9.17) is 21.3 Å². The number of aromatic nitrogens is 1. The van der Waals surface area contributed by atoms with E-state index in [1.807, 2.05) is 19.1 Å². The number of morpholine rings is 1. The van der Waals surface area contributed by atoms with Crippen LogP contribution in [0, 0.1) is 6.92 Å². The third-order valence-corrected chi connectivity index (χ3v) is 10.1. The number of hydrogen-bond acceptors (Lipinski definition) is 7. The van der Waals surface area contributed by atoms with Crippen LogP contribution in [-0.4, -0.2) is 81.0 Å². The van der Waals surface area contributed by atoms with Crippen molar-refractivity contribution in [2.75, 3.05) is 57.4 Å². The molecule has 38 heavy (non-hydrogen) atoms. The van der Waals surface area contributed by atoms with E-state index in [0.29, 0.717) is 55.1 Å². The topological polar surface area (TPSA) is 83.0 Å². The van der Waals surface area contributed by atoms with Crippen LogP contribution in [0.5, 0.6) is 0 Å². The Morgan fingerprint density at radius 2 is 1.76 bits per heavy atom. The number of thiazole rings is 1. The number of benzene rings is 2. The van der Waals surface area contributed by atoms with Gasteiger partial charge in [-0.3, -0.25) is 14.6 Å². The molecule has 0 saturated carbocycles. The summed E-state index contributed by atoms with van der Waals surface area (Å²) in [6.07, 6.45) is 2.80. The van der Waals surface area contributed by atoms with Gasteiger partial charge in [-0.05, 0) is 61.7 Å². The van der Waals surface area contributed by atoms with Gasteiger partial charge in [-0.2, -0.15) is 4.31 Å². The summed E-state index contributed by atoms with van der Waals surface area (Å²) >= 11 is 7.70. The van der Waals surface area contributed by atoms with E-state index in [1.54, 1.807) is 29.2 Å². The summed E-state index contributed by atoms with van der Waals surface area (Å²) in [5.74, 6) is -0.210. The number of nitrogens with zero attached hydrogens (tertiary/aromatic N) is 4. The lowest BCUT2D eigenvalue weighted by Crippen LogP contribution is -2.43. The highest BCUT2D eigenvalue weighted by Gasteiger charge is 2.27. The molecule has 0 atom stereocenters. The molecule has 0 unspecified atom stereocenters.